The fourth-order valence-electron chi connectivity index (χ4n) is 1.98. The number of hydrogen-bond acceptors (Lipinski definition) is 2. The molecule has 0 unspecified atom stereocenters. The van der Waals surface area contributed by atoms with Crippen LogP contribution in [0.15, 0.2) is 11.1 Å². The number of rotatable bonds is 2. The predicted octanol–water partition coefficient (Wildman–Crippen LogP) is -1.49. The Morgan fingerprint density at radius 1 is 1.29 bits per heavy atom. The molecular weight excluding hydrogens is 259 g/mol. The van der Waals surface area contributed by atoms with E-state index in [-0.39, 0.29) is 51.4 Å². The molecular formula is C9H11BF3KN2O. The molecule has 0 atom stereocenters. The Labute approximate surface area is 139 Å². The zero-order valence-electron chi connectivity index (χ0n) is 9.63. The molecule has 0 amide bonds. The van der Waals surface area contributed by atoms with E-state index >= 15 is 0 Å². The Balaban J connectivity index is 0.00000144. The maximum absolute atomic E-state index is 12.2. The van der Waals surface area contributed by atoms with Crippen molar-refractivity contribution in [3.63, 3.8) is 0 Å². The fourth-order valence-corrected chi connectivity index (χ4v) is 1.98. The minimum Gasteiger partial charge on any atom is -0.448 e. The van der Waals surface area contributed by atoms with Crippen molar-refractivity contribution < 1.29 is 64.3 Å². The molecule has 1 heterocycles. The van der Waals surface area contributed by atoms with E-state index in [0.717, 1.165) is 19.2 Å². The first-order valence-corrected chi connectivity index (χ1v) is 5.25. The third kappa shape index (κ3) is 3.92. The molecule has 0 radical (unpaired) electrons. The summed E-state index contributed by atoms with van der Waals surface area (Å²) in [7, 11) is 0. The van der Waals surface area contributed by atoms with Crippen LogP contribution in [0.2, 0.25) is 0 Å². The van der Waals surface area contributed by atoms with Crippen molar-refractivity contribution in [2.45, 2.75) is 32.1 Å². The summed E-state index contributed by atoms with van der Waals surface area (Å²) in [5.74, 6) is 0. The molecule has 0 N–H and O–H groups in total. The molecule has 2 rings (SSSR count). The van der Waals surface area contributed by atoms with Crippen LogP contribution in [0, 0.1) is 0 Å². The number of hydrogen-bond donors (Lipinski definition) is 0. The van der Waals surface area contributed by atoms with Gasteiger partial charge in [0.25, 0.3) is 5.56 Å². The number of fused-ring (bicyclic) bond motifs is 1. The van der Waals surface area contributed by atoms with Gasteiger partial charge in [-0.15, -0.1) is 0 Å². The first-order valence-electron chi connectivity index (χ1n) is 5.25. The largest absolute Gasteiger partial charge is 1.00 e. The molecule has 0 fully saturated rings. The number of halogens is 3. The van der Waals surface area contributed by atoms with Gasteiger partial charge in [-0.3, -0.25) is 4.79 Å². The van der Waals surface area contributed by atoms with E-state index in [1.54, 1.807) is 0 Å². The van der Waals surface area contributed by atoms with Gasteiger partial charge in [-0.25, -0.2) is 4.98 Å². The number of nitrogens with zero attached hydrogens (tertiary/aromatic N) is 2. The topological polar surface area (TPSA) is 34.9 Å². The Morgan fingerprint density at radius 3 is 2.59 bits per heavy atom. The van der Waals surface area contributed by atoms with Crippen LogP contribution >= 0.6 is 0 Å². The maximum atomic E-state index is 12.2. The average Bonchev–Trinajstić information content (AvgIpc) is 2.21. The SMILES string of the molecule is O=c1c2c(ncn1C[B-](F)(F)F)CCCC2.[K+]. The van der Waals surface area contributed by atoms with Gasteiger partial charge in [-0.2, -0.15) is 0 Å². The first-order chi connectivity index (χ1) is 7.47. The molecule has 88 valence electrons. The second kappa shape index (κ2) is 6.01. The van der Waals surface area contributed by atoms with E-state index in [4.69, 9.17) is 0 Å². The number of aryl methyl sites for hydroxylation is 1. The van der Waals surface area contributed by atoms with Crippen molar-refractivity contribution in [3.8, 4) is 0 Å². The van der Waals surface area contributed by atoms with Crippen LogP contribution in [-0.4, -0.2) is 16.5 Å². The predicted molar refractivity (Wildman–Crippen MR) is 54.2 cm³/mol. The second-order valence-electron chi connectivity index (χ2n) is 4.04. The summed E-state index contributed by atoms with van der Waals surface area (Å²) in [6.07, 6.45) is 2.87. The van der Waals surface area contributed by atoms with Gasteiger partial charge >= 0.3 is 58.4 Å². The molecule has 1 aliphatic rings. The smallest absolute Gasteiger partial charge is 0.448 e. The van der Waals surface area contributed by atoms with Crippen LogP contribution in [0.5, 0.6) is 0 Å². The van der Waals surface area contributed by atoms with Crippen LogP contribution in [0.4, 0.5) is 12.9 Å². The van der Waals surface area contributed by atoms with Gasteiger partial charge in [0.15, 0.2) is 0 Å². The van der Waals surface area contributed by atoms with Crippen molar-refractivity contribution in [1.29, 1.82) is 0 Å². The Bertz CT molecular complexity index is 461. The fraction of sp³-hybridized carbons (Fsp3) is 0.556. The van der Waals surface area contributed by atoms with Gasteiger partial charge in [0.2, 0.25) is 0 Å². The van der Waals surface area contributed by atoms with Gasteiger partial charge in [-0.05, 0) is 32.1 Å². The van der Waals surface area contributed by atoms with Gasteiger partial charge in [-0.1, -0.05) is 0 Å². The third-order valence-corrected chi connectivity index (χ3v) is 2.71. The summed E-state index contributed by atoms with van der Waals surface area (Å²) in [5.41, 5.74) is 0.611. The van der Waals surface area contributed by atoms with Crippen LogP contribution < -0.4 is 56.9 Å². The van der Waals surface area contributed by atoms with E-state index < -0.39 is 19.0 Å². The van der Waals surface area contributed by atoms with Gasteiger partial charge in [0.1, 0.15) is 0 Å². The van der Waals surface area contributed by atoms with Crippen molar-refractivity contribution in [3.05, 3.63) is 27.9 Å². The summed E-state index contributed by atoms with van der Waals surface area (Å²) >= 11 is 0. The second-order valence-corrected chi connectivity index (χ2v) is 4.04. The van der Waals surface area contributed by atoms with Crippen LogP contribution in [0.1, 0.15) is 24.1 Å². The van der Waals surface area contributed by atoms with Gasteiger partial charge in [0, 0.05) is 5.56 Å². The maximum Gasteiger partial charge on any atom is 1.00 e. The summed E-state index contributed by atoms with van der Waals surface area (Å²) in [6, 6.07) is 0. The Hall–Kier alpha value is 0.371. The molecule has 3 nitrogen and oxygen atoms in total. The van der Waals surface area contributed by atoms with Crippen molar-refractivity contribution in [1.82, 2.24) is 9.55 Å². The summed E-state index contributed by atoms with van der Waals surface area (Å²) in [5, 5.41) is 0. The molecule has 17 heavy (non-hydrogen) atoms. The molecule has 8 heteroatoms. The third-order valence-electron chi connectivity index (χ3n) is 2.71. The quantitative estimate of drug-likeness (QED) is 0.614. The Morgan fingerprint density at radius 2 is 1.94 bits per heavy atom. The minimum atomic E-state index is -5.00. The van der Waals surface area contributed by atoms with Crippen molar-refractivity contribution in [2.75, 3.05) is 0 Å². The van der Waals surface area contributed by atoms with Crippen molar-refractivity contribution >= 4 is 6.98 Å². The molecule has 1 aromatic heterocycles. The van der Waals surface area contributed by atoms with Crippen molar-refractivity contribution in [2.24, 2.45) is 0 Å². The molecule has 0 bridgehead atoms. The normalized spacial score (nSPS) is 15.0. The van der Waals surface area contributed by atoms with E-state index in [1.165, 1.54) is 0 Å². The molecule has 0 aromatic carbocycles. The molecule has 1 aliphatic carbocycles. The minimum absolute atomic E-state index is 0. The van der Waals surface area contributed by atoms with Crippen LogP contribution in [-0.2, 0) is 19.3 Å². The summed E-state index contributed by atoms with van der Waals surface area (Å²) in [4.78, 5) is 15.7. The van der Waals surface area contributed by atoms with Crippen LogP contribution in [0.25, 0.3) is 0 Å². The zero-order chi connectivity index (χ0) is 11.8. The molecule has 0 spiro atoms. The van der Waals surface area contributed by atoms with Gasteiger partial charge in [0.05, 0.1) is 12.0 Å². The van der Waals surface area contributed by atoms with E-state index in [0.29, 0.717) is 28.7 Å². The summed E-state index contributed by atoms with van der Waals surface area (Å²) < 4.78 is 37.4. The summed E-state index contributed by atoms with van der Waals surface area (Å²) in [6.45, 7) is -5.00. The van der Waals surface area contributed by atoms with E-state index in [2.05, 4.69) is 4.98 Å². The van der Waals surface area contributed by atoms with E-state index in [1.807, 2.05) is 0 Å². The average molecular weight is 270 g/mol. The zero-order valence-corrected chi connectivity index (χ0v) is 12.7. The molecule has 1 aromatic rings. The Kier molecular flexibility index (Phi) is 5.45. The molecule has 0 saturated carbocycles. The first kappa shape index (κ1) is 15.4. The van der Waals surface area contributed by atoms with E-state index in [9.17, 15) is 17.7 Å². The van der Waals surface area contributed by atoms with Gasteiger partial charge < -0.3 is 17.5 Å². The monoisotopic (exact) mass is 270 g/mol. The molecule has 0 aliphatic heterocycles. The standard InChI is InChI=1S/C9H11BF3N2O.K/c11-10(12,13)5-15-6-14-8-4-2-1-3-7(8)9(15)16;/h6H,1-5H2;/q-1;+1. The number of aromatic nitrogens is 2. The molecule has 0 saturated heterocycles. The van der Waals surface area contributed by atoms with Crippen LogP contribution in [0.3, 0.4) is 0 Å².